The van der Waals surface area contributed by atoms with E-state index in [9.17, 15) is 4.79 Å². The Morgan fingerprint density at radius 1 is 1.16 bits per heavy atom. The van der Waals surface area contributed by atoms with Crippen molar-refractivity contribution in [2.75, 3.05) is 6.61 Å². The summed E-state index contributed by atoms with van der Waals surface area (Å²) >= 11 is 10.4. The van der Waals surface area contributed by atoms with Crippen LogP contribution in [0, 0.1) is 11.3 Å². The number of nitrogens with zero attached hydrogens (tertiary/aromatic N) is 4. The Hall–Kier alpha value is -2.02. The van der Waals surface area contributed by atoms with Gasteiger partial charge < -0.3 is 4.74 Å². The standard InChI is InChI=1S/C23H19Br3N4O2/c24-16-6-7-20-17(12-16)23(31)30(22(29-20)15-4-2-1-3-5-15)28-13-14-10-18(25)21(19(26)11-14)32-9-8-27/h6-7,10-13,15H,1-5,9H2. The van der Waals surface area contributed by atoms with Crippen LogP contribution in [0.5, 0.6) is 5.75 Å². The van der Waals surface area contributed by atoms with Crippen LogP contribution in [0.25, 0.3) is 10.9 Å². The predicted molar refractivity (Wildman–Crippen MR) is 135 cm³/mol. The summed E-state index contributed by atoms with van der Waals surface area (Å²) in [6, 6.07) is 11.2. The Kier molecular flexibility index (Phi) is 7.44. The molecular weight excluding hydrogens is 604 g/mol. The van der Waals surface area contributed by atoms with Crippen LogP contribution < -0.4 is 10.3 Å². The molecule has 1 heterocycles. The molecule has 6 nitrogen and oxygen atoms in total. The second-order valence-electron chi connectivity index (χ2n) is 7.59. The molecule has 0 amide bonds. The molecule has 0 spiro atoms. The summed E-state index contributed by atoms with van der Waals surface area (Å²) in [6.07, 6.45) is 7.13. The van der Waals surface area contributed by atoms with Crippen LogP contribution in [-0.2, 0) is 0 Å². The molecule has 164 valence electrons. The van der Waals surface area contributed by atoms with E-state index >= 15 is 0 Å². The van der Waals surface area contributed by atoms with Crippen molar-refractivity contribution in [2.45, 2.75) is 38.0 Å². The van der Waals surface area contributed by atoms with Crippen LogP contribution in [0.3, 0.4) is 0 Å². The highest BCUT2D eigenvalue weighted by Gasteiger charge is 2.22. The summed E-state index contributed by atoms with van der Waals surface area (Å²) in [5.74, 6) is 1.47. The van der Waals surface area contributed by atoms with Gasteiger partial charge in [0.1, 0.15) is 17.6 Å². The molecule has 9 heteroatoms. The molecule has 0 radical (unpaired) electrons. The van der Waals surface area contributed by atoms with E-state index in [0.29, 0.717) is 31.4 Å². The van der Waals surface area contributed by atoms with Crippen LogP contribution >= 0.6 is 47.8 Å². The Bertz CT molecular complexity index is 1270. The maximum atomic E-state index is 13.4. The highest BCUT2D eigenvalue weighted by Crippen LogP contribution is 2.35. The van der Waals surface area contributed by atoms with Crippen molar-refractivity contribution in [3.8, 4) is 11.8 Å². The Labute approximate surface area is 210 Å². The molecule has 0 bridgehead atoms. The summed E-state index contributed by atoms with van der Waals surface area (Å²) < 4.78 is 9.09. The lowest BCUT2D eigenvalue weighted by molar-refractivity contribution is 0.363. The Morgan fingerprint density at radius 2 is 1.88 bits per heavy atom. The molecule has 0 unspecified atom stereocenters. The average molecular weight is 623 g/mol. The first-order valence-electron chi connectivity index (χ1n) is 10.2. The van der Waals surface area contributed by atoms with E-state index in [4.69, 9.17) is 15.0 Å². The molecule has 1 aliphatic rings. The molecule has 0 atom stereocenters. The number of rotatable bonds is 5. The first-order valence-corrected chi connectivity index (χ1v) is 12.6. The summed E-state index contributed by atoms with van der Waals surface area (Å²) in [4.78, 5) is 18.2. The van der Waals surface area contributed by atoms with Crippen molar-refractivity contribution in [3.63, 3.8) is 0 Å². The van der Waals surface area contributed by atoms with Gasteiger partial charge in [0.05, 0.1) is 26.1 Å². The molecule has 3 aromatic rings. The van der Waals surface area contributed by atoms with Crippen LogP contribution in [0.2, 0.25) is 0 Å². The number of benzene rings is 2. The number of ether oxygens (including phenoxy) is 1. The lowest BCUT2D eigenvalue weighted by Crippen LogP contribution is -2.25. The fourth-order valence-electron chi connectivity index (χ4n) is 3.92. The van der Waals surface area contributed by atoms with Crippen molar-refractivity contribution in [1.82, 2.24) is 9.66 Å². The normalized spacial score (nSPS) is 14.7. The number of hydrogen-bond acceptors (Lipinski definition) is 5. The zero-order valence-electron chi connectivity index (χ0n) is 17.0. The molecular formula is C23H19Br3N4O2. The van der Waals surface area contributed by atoms with Gasteiger partial charge >= 0.3 is 0 Å². The maximum Gasteiger partial charge on any atom is 0.282 e. The molecule has 1 fully saturated rings. The molecule has 1 aromatic heterocycles. The highest BCUT2D eigenvalue weighted by atomic mass is 79.9. The van der Waals surface area contributed by atoms with Gasteiger partial charge in [-0.3, -0.25) is 4.79 Å². The van der Waals surface area contributed by atoms with E-state index < -0.39 is 0 Å². The number of fused-ring (bicyclic) bond motifs is 1. The average Bonchev–Trinajstić information content (AvgIpc) is 2.79. The van der Waals surface area contributed by atoms with E-state index in [1.807, 2.05) is 30.3 Å². The fraction of sp³-hybridized carbons (Fsp3) is 0.304. The SMILES string of the molecule is N#CCOc1c(Br)cc(C=Nn2c(C3CCCCC3)nc3ccc(Br)cc3c2=O)cc1Br. The number of nitriles is 1. The molecule has 0 aliphatic heterocycles. The van der Waals surface area contributed by atoms with E-state index in [1.165, 1.54) is 11.1 Å². The van der Waals surface area contributed by atoms with Crippen molar-refractivity contribution in [3.05, 3.63) is 65.5 Å². The minimum atomic E-state index is -0.180. The molecule has 2 aromatic carbocycles. The van der Waals surface area contributed by atoms with Crippen LogP contribution in [-0.4, -0.2) is 22.5 Å². The first-order chi connectivity index (χ1) is 15.5. The molecule has 0 saturated heterocycles. The van der Waals surface area contributed by atoms with Crippen molar-refractivity contribution in [2.24, 2.45) is 5.10 Å². The van der Waals surface area contributed by atoms with Crippen LogP contribution in [0.1, 0.15) is 49.4 Å². The largest absolute Gasteiger partial charge is 0.476 e. The van der Waals surface area contributed by atoms with Crippen LogP contribution in [0.4, 0.5) is 0 Å². The van der Waals surface area contributed by atoms with Crippen LogP contribution in [0.15, 0.2) is 53.6 Å². The monoisotopic (exact) mass is 620 g/mol. The van der Waals surface area contributed by atoms with Gasteiger partial charge in [0.15, 0.2) is 6.61 Å². The van der Waals surface area contributed by atoms with Crippen molar-refractivity contribution >= 4 is 64.9 Å². The van der Waals surface area contributed by atoms with E-state index in [0.717, 1.165) is 35.7 Å². The second-order valence-corrected chi connectivity index (χ2v) is 10.2. The molecule has 1 saturated carbocycles. The third-order valence-corrected chi connectivity index (χ3v) is 7.10. The zero-order valence-corrected chi connectivity index (χ0v) is 21.8. The number of hydrogen-bond donors (Lipinski definition) is 0. The summed E-state index contributed by atoms with van der Waals surface area (Å²) in [5.41, 5.74) is 1.28. The Balaban J connectivity index is 1.79. The molecule has 32 heavy (non-hydrogen) atoms. The quantitative estimate of drug-likeness (QED) is 0.304. The van der Waals surface area contributed by atoms with Gasteiger partial charge in [-0.1, -0.05) is 35.2 Å². The van der Waals surface area contributed by atoms with Gasteiger partial charge in [-0.15, -0.1) is 0 Å². The number of aromatic nitrogens is 2. The zero-order chi connectivity index (χ0) is 22.7. The lowest BCUT2D eigenvalue weighted by Gasteiger charge is -2.22. The highest BCUT2D eigenvalue weighted by molar-refractivity contribution is 9.11. The van der Waals surface area contributed by atoms with Gasteiger partial charge in [0, 0.05) is 10.4 Å². The minimum absolute atomic E-state index is 0.0525. The van der Waals surface area contributed by atoms with Gasteiger partial charge in [0.25, 0.3) is 5.56 Å². The molecule has 1 aliphatic carbocycles. The predicted octanol–water partition coefficient (Wildman–Crippen LogP) is 6.52. The topological polar surface area (TPSA) is 80.3 Å². The minimum Gasteiger partial charge on any atom is -0.476 e. The van der Waals surface area contributed by atoms with Gasteiger partial charge in [-0.25, -0.2) is 4.98 Å². The van der Waals surface area contributed by atoms with E-state index in [1.54, 1.807) is 12.3 Å². The summed E-state index contributed by atoms with van der Waals surface area (Å²) in [5, 5.41) is 13.9. The third-order valence-electron chi connectivity index (χ3n) is 5.43. The summed E-state index contributed by atoms with van der Waals surface area (Å²) in [7, 11) is 0. The third kappa shape index (κ3) is 4.98. The number of halogens is 3. The lowest BCUT2D eigenvalue weighted by atomic mass is 9.88. The van der Waals surface area contributed by atoms with E-state index in [-0.39, 0.29) is 18.1 Å². The second kappa shape index (κ2) is 10.3. The maximum absolute atomic E-state index is 13.4. The van der Waals surface area contributed by atoms with Crippen molar-refractivity contribution in [1.29, 1.82) is 5.26 Å². The smallest absolute Gasteiger partial charge is 0.282 e. The molecule has 0 N–H and O–H groups in total. The van der Waals surface area contributed by atoms with E-state index in [2.05, 4.69) is 52.9 Å². The summed E-state index contributed by atoms with van der Waals surface area (Å²) in [6.45, 7) is -0.0525. The van der Waals surface area contributed by atoms with Crippen molar-refractivity contribution < 1.29 is 4.74 Å². The Morgan fingerprint density at radius 3 is 2.56 bits per heavy atom. The fourth-order valence-corrected chi connectivity index (χ4v) is 5.74. The van der Waals surface area contributed by atoms with Gasteiger partial charge in [0.2, 0.25) is 0 Å². The van der Waals surface area contributed by atoms with Gasteiger partial charge in [-0.05, 0) is 80.6 Å². The molecule has 4 rings (SSSR count). The first kappa shape index (κ1) is 23.1. The van der Waals surface area contributed by atoms with Gasteiger partial charge in [-0.2, -0.15) is 15.0 Å².